The number of amides is 1. The molecule has 1 atom stereocenters. The first-order valence-electron chi connectivity index (χ1n) is 9.23. The van der Waals surface area contributed by atoms with E-state index in [9.17, 15) is 4.79 Å². The van der Waals surface area contributed by atoms with E-state index < -0.39 is 0 Å². The van der Waals surface area contributed by atoms with Gasteiger partial charge >= 0.3 is 0 Å². The quantitative estimate of drug-likeness (QED) is 0.770. The zero-order valence-corrected chi connectivity index (χ0v) is 15.3. The molecule has 138 valence electrons. The Labute approximate surface area is 157 Å². The third-order valence-corrected chi connectivity index (χ3v) is 5.12. The van der Waals surface area contributed by atoms with Gasteiger partial charge in [0, 0.05) is 37.8 Å². The van der Waals surface area contributed by atoms with Crippen molar-refractivity contribution in [3.8, 4) is 11.5 Å². The van der Waals surface area contributed by atoms with E-state index in [2.05, 4.69) is 49.1 Å². The normalized spacial score (nSPS) is 16.4. The molecule has 0 fully saturated rings. The number of rotatable bonds is 4. The number of carbonyl (C=O) groups is 1. The molecule has 3 heterocycles. The van der Waals surface area contributed by atoms with Gasteiger partial charge in [0.25, 0.3) is 0 Å². The van der Waals surface area contributed by atoms with Crippen LogP contribution in [0.3, 0.4) is 0 Å². The first-order valence-corrected chi connectivity index (χ1v) is 9.23. The SMILES string of the molecule is Cc1ccccc1CNC(=O)C1CCc2nnc(-c3cnccn3)n2CC1. The summed E-state index contributed by atoms with van der Waals surface area (Å²) in [5.41, 5.74) is 3.05. The van der Waals surface area contributed by atoms with Gasteiger partial charge in [-0.1, -0.05) is 24.3 Å². The van der Waals surface area contributed by atoms with Gasteiger partial charge in [0.05, 0.1) is 6.20 Å². The van der Waals surface area contributed by atoms with Gasteiger partial charge in [0.2, 0.25) is 5.91 Å². The molecular weight excluding hydrogens is 340 g/mol. The summed E-state index contributed by atoms with van der Waals surface area (Å²) in [7, 11) is 0. The summed E-state index contributed by atoms with van der Waals surface area (Å²) in [6.45, 7) is 3.34. The molecule has 1 aliphatic heterocycles. The van der Waals surface area contributed by atoms with Gasteiger partial charge in [-0.15, -0.1) is 10.2 Å². The molecule has 3 aromatic rings. The van der Waals surface area contributed by atoms with Crippen molar-refractivity contribution in [2.75, 3.05) is 0 Å². The lowest BCUT2D eigenvalue weighted by Crippen LogP contribution is -2.30. The lowest BCUT2D eigenvalue weighted by atomic mass is 9.99. The molecule has 0 aliphatic carbocycles. The van der Waals surface area contributed by atoms with Gasteiger partial charge in [-0.3, -0.25) is 9.78 Å². The predicted molar refractivity (Wildman–Crippen MR) is 101 cm³/mol. The van der Waals surface area contributed by atoms with Gasteiger partial charge < -0.3 is 9.88 Å². The van der Waals surface area contributed by atoms with Crippen molar-refractivity contribution >= 4 is 5.91 Å². The average Bonchev–Trinajstić information content (AvgIpc) is 2.99. The van der Waals surface area contributed by atoms with Crippen LogP contribution >= 0.6 is 0 Å². The molecule has 0 saturated carbocycles. The third kappa shape index (κ3) is 3.72. The molecule has 0 bridgehead atoms. The maximum Gasteiger partial charge on any atom is 0.223 e. The van der Waals surface area contributed by atoms with Gasteiger partial charge in [-0.2, -0.15) is 0 Å². The summed E-state index contributed by atoms with van der Waals surface area (Å²) in [5.74, 6) is 1.72. The van der Waals surface area contributed by atoms with Crippen LogP contribution in [0.2, 0.25) is 0 Å². The van der Waals surface area contributed by atoms with Gasteiger partial charge in [0.15, 0.2) is 5.82 Å². The molecule has 7 heteroatoms. The fourth-order valence-electron chi connectivity index (χ4n) is 3.49. The van der Waals surface area contributed by atoms with E-state index in [4.69, 9.17) is 0 Å². The standard InChI is InChI=1S/C20H22N6O/c1-14-4-2-3-5-16(14)12-23-20(27)15-6-7-18-24-25-19(26(18)11-8-15)17-13-21-9-10-22-17/h2-5,9-10,13,15H,6-8,11-12H2,1H3,(H,23,27). The number of hydrogen-bond donors (Lipinski definition) is 1. The van der Waals surface area contributed by atoms with Crippen LogP contribution in [0.15, 0.2) is 42.9 Å². The fourth-order valence-corrected chi connectivity index (χ4v) is 3.49. The van der Waals surface area contributed by atoms with E-state index in [0.29, 0.717) is 18.8 Å². The average molecular weight is 362 g/mol. The van der Waals surface area contributed by atoms with E-state index in [1.165, 1.54) is 5.56 Å². The minimum atomic E-state index is -0.0228. The van der Waals surface area contributed by atoms with Gasteiger partial charge in [0.1, 0.15) is 11.5 Å². The van der Waals surface area contributed by atoms with E-state index in [1.54, 1.807) is 18.6 Å². The number of nitrogens with zero attached hydrogens (tertiary/aromatic N) is 5. The van der Waals surface area contributed by atoms with Crippen LogP contribution in [0.1, 0.15) is 29.8 Å². The predicted octanol–water partition coefficient (Wildman–Crippen LogP) is 2.31. The first-order chi connectivity index (χ1) is 13.2. The fraction of sp³-hybridized carbons (Fsp3) is 0.350. The lowest BCUT2D eigenvalue weighted by Gasteiger charge is -2.15. The Hall–Kier alpha value is -3.09. The van der Waals surface area contributed by atoms with Crippen molar-refractivity contribution in [2.24, 2.45) is 5.92 Å². The van der Waals surface area contributed by atoms with Crippen molar-refractivity contribution in [3.05, 3.63) is 59.8 Å². The van der Waals surface area contributed by atoms with E-state index in [-0.39, 0.29) is 11.8 Å². The summed E-state index contributed by atoms with van der Waals surface area (Å²) in [6.07, 6.45) is 7.24. The minimum absolute atomic E-state index is 0.0228. The van der Waals surface area contributed by atoms with Crippen molar-refractivity contribution in [1.29, 1.82) is 0 Å². The summed E-state index contributed by atoms with van der Waals surface area (Å²) in [5, 5.41) is 11.7. The maximum atomic E-state index is 12.7. The molecule has 27 heavy (non-hydrogen) atoms. The second-order valence-electron chi connectivity index (χ2n) is 6.85. The van der Waals surface area contributed by atoms with Crippen LogP contribution < -0.4 is 5.32 Å². The Morgan fingerprint density at radius 3 is 2.93 bits per heavy atom. The Balaban J connectivity index is 1.42. The van der Waals surface area contributed by atoms with Crippen molar-refractivity contribution < 1.29 is 4.79 Å². The molecule has 1 aromatic carbocycles. The van der Waals surface area contributed by atoms with E-state index in [1.807, 2.05) is 12.1 Å². The molecule has 1 amide bonds. The largest absolute Gasteiger partial charge is 0.352 e. The second kappa shape index (κ2) is 7.65. The molecule has 1 unspecified atom stereocenters. The molecule has 2 aromatic heterocycles. The number of aryl methyl sites for hydroxylation is 2. The molecule has 1 N–H and O–H groups in total. The van der Waals surface area contributed by atoms with Crippen molar-refractivity contribution in [1.82, 2.24) is 30.0 Å². The number of fused-ring (bicyclic) bond motifs is 1. The minimum Gasteiger partial charge on any atom is -0.352 e. The molecule has 7 nitrogen and oxygen atoms in total. The number of hydrogen-bond acceptors (Lipinski definition) is 5. The van der Waals surface area contributed by atoms with Crippen LogP contribution in [0.4, 0.5) is 0 Å². The van der Waals surface area contributed by atoms with Crippen molar-refractivity contribution in [3.63, 3.8) is 0 Å². The van der Waals surface area contributed by atoms with E-state index >= 15 is 0 Å². The second-order valence-corrected chi connectivity index (χ2v) is 6.85. The Morgan fingerprint density at radius 1 is 1.22 bits per heavy atom. The van der Waals surface area contributed by atoms with Crippen LogP contribution in [0.5, 0.6) is 0 Å². The lowest BCUT2D eigenvalue weighted by molar-refractivity contribution is -0.125. The summed E-state index contributed by atoms with van der Waals surface area (Å²) < 4.78 is 2.07. The molecule has 0 saturated heterocycles. The molecule has 1 aliphatic rings. The van der Waals surface area contributed by atoms with Gasteiger partial charge in [-0.05, 0) is 30.9 Å². The smallest absolute Gasteiger partial charge is 0.223 e. The first kappa shape index (κ1) is 17.3. The maximum absolute atomic E-state index is 12.7. The molecular formula is C20H22N6O. The number of nitrogens with one attached hydrogen (secondary N) is 1. The zero-order chi connectivity index (χ0) is 18.6. The number of carbonyl (C=O) groups excluding carboxylic acids is 1. The van der Waals surface area contributed by atoms with Crippen LogP contribution in [-0.4, -0.2) is 30.6 Å². The molecule has 4 rings (SSSR count). The number of benzene rings is 1. The Morgan fingerprint density at radius 2 is 2.11 bits per heavy atom. The van der Waals surface area contributed by atoms with Crippen LogP contribution in [-0.2, 0) is 24.3 Å². The molecule has 0 spiro atoms. The molecule has 0 radical (unpaired) electrons. The topological polar surface area (TPSA) is 85.6 Å². The number of aromatic nitrogens is 5. The van der Waals surface area contributed by atoms with Gasteiger partial charge in [-0.25, -0.2) is 4.98 Å². The summed E-state index contributed by atoms with van der Waals surface area (Å²) >= 11 is 0. The Kier molecular flexibility index (Phi) is 4.91. The summed E-state index contributed by atoms with van der Waals surface area (Å²) in [4.78, 5) is 21.1. The summed E-state index contributed by atoms with van der Waals surface area (Å²) in [6, 6.07) is 8.13. The highest BCUT2D eigenvalue weighted by Gasteiger charge is 2.25. The van der Waals surface area contributed by atoms with E-state index in [0.717, 1.165) is 36.5 Å². The highest BCUT2D eigenvalue weighted by Crippen LogP contribution is 2.24. The van der Waals surface area contributed by atoms with Crippen LogP contribution in [0.25, 0.3) is 11.5 Å². The van der Waals surface area contributed by atoms with Crippen molar-refractivity contribution in [2.45, 2.75) is 39.3 Å². The zero-order valence-electron chi connectivity index (χ0n) is 15.3. The highest BCUT2D eigenvalue weighted by atomic mass is 16.1. The highest BCUT2D eigenvalue weighted by molar-refractivity contribution is 5.78. The Bertz CT molecular complexity index is 937. The third-order valence-electron chi connectivity index (χ3n) is 5.12. The monoisotopic (exact) mass is 362 g/mol. The van der Waals surface area contributed by atoms with Crippen LogP contribution in [0, 0.1) is 12.8 Å².